The summed E-state index contributed by atoms with van der Waals surface area (Å²) < 4.78 is 17.0. The summed E-state index contributed by atoms with van der Waals surface area (Å²) >= 11 is 0. The van der Waals surface area contributed by atoms with Crippen molar-refractivity contribution in [3.05, 3.63) is 66.6 Å². The Morgan fingerprint density at radius 2 is 1.95 bits per heavy atom. The molecule has 1 unspecified atom stereocenters. The van der Waals surface area contributed by atoms with E-state index >= 15 is 0 Å². The second-order valence-electron chi connectivity index (χ2n) is 3.72. The normalized spacial score (nSPS) is 14.3. The number of hydrogen-bond donors (Lipinski definition) is 0. The summed E-state index contributed by atoms with van der Waals surface area (Å²) in [6.07, 6.45) is 4.84. The zero-order chi connectivity index (χ0) is 14.3. The van der Waals surface area contributed by atoms with Crippen molar-refractivity contribution in [1.29, 1.82) is 0 Å². The molecule has 1 amide bonds. The molecule has 100 valence electrons. The molecular weight excluding hydrogens is 258 g/mol. The average Bonchev–Trinajstić information content (AvgIpc) is 2.45. The van der Waals surface area contributed by atoms with E-state index in [2.05, 4.69) is 17.5 Å². The molecule has 0 N–H and O–H groups in total. The van der Waals surface area contributed by atoms with Crippen LogP contribution in [0.3, 0.4) is 0 Å². The van der Waals surface area contributed by atoms with E-state index in [9.17, 15) is 9.00 Å². The van der Waals surface area contributed by atoms with E-state index in [-0.39, 0.29) is 0 Å². The van der Waals surface area contributed by atoms with Crippen LogP contribution in [0.15, 0.2) is 75.9 Å². The second kappa shape index (κ2) is 6.85. The maximum absolute atomic E-state index is 13.1. The van der Waals surface area contributed by atoms with Gasteiger partial charge in [-0.2, -0.15) is 0 Å². The fraction of sp³-hybridized carbons (Fsp3) is 0.133. The molecule has 4 heteroatoms. The molecule has 0 aliphatic carbocycles. The van der Waals surface area contributed by atoms with E-state index < -0.39 is 15.6 Å². The molecule has 0 aliphatic heterocycles. The predicted molar refractivity (Wildman–Crippen MR) is 79.1 cm³/mol. The highest BCUT2D eigenvalue weighted by molar-refractivity contribution is 7.97. The molecule has 1 rings (SSSR count). The highest BCUT2D eigenvalue weighted by Gasteiger charge is 2.18. The molecular formula is C15H17NO2S. The van der Waals surface area contributed by atoms with Crippen LogP contribution >= 0.6 is 0 Å². The lowest BCUT2D eigenvalue weighted by Gasteiger charge is -2.12. The largest absolute Gasteiger partial charge is 0.277 e. The summed E-state index contributed by atoms with van der Waals surface area (Å²) in [5, 5.41) is 0. The number of carbonyl (C=O) groups excluding carboxylic acids is 1. The lowest BCUT2D eigenvalue weighted by atomic mass is 10.4. The van der Waals surface area contributed by atoms with E-state index in [0.29, 0.717) is 16.2 Å². The van der Waals surface area contributed by atoms with Crippen molar-refractivity contribution < 1.29 is 9.00 Å². The first kappa shape index (κ1) is 15.1. The van der Waals surface area contributed by atoms with Crippen LogP contribution in [0.2, 0.25) is 0 Å². The molecule has 0 heterocycles. The molecule has 0 fully saturated rings. The first-order chi connectivity index (χ1) is 9.08. The van der Waals surface area contributed by atoms with Crippen molar-refractivity contribution in [1.82, 2.24) is 0 Å². The van der Waals surface area contributed by atoms with Crippen LogP contribution in [-0.4, -0.2) is 10.1 Å². The van der Waals surface area contributed by atoms with Gasteiger partial charge in [-0.1, -0.05) is 36.9 Å². The Morgan fingerprint density at radius 1 is 1.32 bits per heavy atom. The van der Waals surface area contributed by atoms with Gasteiger partial charge in [0.25, 0.3) is 5.91 Å². The number of rotatable bonds is 5. The van der Waals surface area contributed by atoms with Crippen molar-refractivity contribution >= 4 is 15.6 Å². The summed E-state index contributed by atoms with van der Waals surface area (Å²) in [7, 11) is -2.94. The first-order valence-electron chi connectivity index (χ1n) is 5.83. The van der Waals surface area contributed by atoms with Gasteiger partial charge in [-0.05, 0) is 31.6 Å². The van der Waals surface area contributed by atoms with Gasteiger partial charge in [-0.3, -0.25) is 4.79 Å². The molecule has 0 spiro atoms. The van der Waals surface area contributed by atoms with Gasteiger partial charge in [-0.15, -0.1) is 10.9 Å². The van der Waals surface area contributed by atoms with Crippen LogP contribution in [0.4, 0.5) is 0 Å². The Hall–Kier alpha value is -1.94. The standard InChI is InChI=1S/C15H17NO2S/c1-4-10-13(5-2)19(18,16-15(17)6-3)14-11-8-7-9-12-14/h4-9,11-12H,1,3,10H2,2H3/b13-5-. The van der Waals surface area contributed by atoms with Gasteiger partial charge in [0, 0.05) is 4.91 Å². The van der Waals surface area contributed by atoms with Crippen molar-refractivity contribution in [3.8, 4) is 0 Å². The molecule has 0 radical (unpaired) electrons. The number of carbonyl (C=O) groups is 1. The lowest BCUT2D eigenvalue weighted by Crippen LogP contribution is -2.07. The van der Waals surface area contributed by atoms with Gasteiger partial charge >= 0.3 is 0 Å². The van der Waals surface area contributed by atoms with Gasteiger partial charge < -0.3 is 0 Å². The third-order valence-corrected chi connectivity index (χ3v) is 4.94. The van der Waals surface area contributed by atoms with Crippen molar-refractivity contribution in [2.24, 2.45) is 4.36 Å². The molecule has 0 aromatic heterocycles. The van der Waals surface area contributed by atoms with Crippen LogP contribution in [-0.2, 0) is 14.5 Å². The molecule has 0 aliphatic rings. The van der Waals surface area contributed by atoms with E-state index in [1.807, 2.05) is 6.07 Å². The molecule has 3 nitrogen and oxygen atoms in total. The molecule has 19 heavy (non-hydrogen) atoms. The molecule has 1 atom stereocenters. The predicted octanol–water partition coefficient (Wildman–Crippen LogP) is 3.71. The van der Waals surface area contributed by atoms with Gasteiger partial charge in [0.2, 0.25) is 0 Å². The third kappa shape index (κ3) is 3.51. The maximum atomic E-state index is 13.1. The zero-order valence-corrected chi connectivity index (χ0v) is 11.7. The van der Waals surface area contributed by atoms with Gasteiger partial charge in [0.15, 0.2) is 0 Å². The number of amides is 1. The number of benzene rings is 1. The highest BCUT2D eigenvalue weighted by atomic mass is 32.2. The van der Waals surface area contributed by atoms with E-state index in [1.54, 1.807) is 43.3 Å². The summed E-state index contributed by atoms with van der Waals surface area (Å²) in [5.41, 5.74) is 0. The summed E-state index contributed by atoms with van der Waals surface area (Å²) in [6, 6.07) is 8.76. The fourth-order valence-corrected chi connectivity index (χ4v) is 3.61. The highest BCUT2D eigenvalue weighted by Crippen LogP contribution is 2.25. The first-order valence-corrected chi connectivity index (χ1v) is 7.34. The summed E-state index contributed by atoms with van der Waals surface area (Å²) in [5.74, 6) is -0.586. The Bertz CT molecular complexity index is 621. The topological polar surface area (TPSA) is 46.5 Å². The number of nitrogens with zero attached hydrogens (tertiary/aromatic N) is 1. The minimum atomic E-state index is -2.94. The van der Waals surface area contributed by atoms with Crippen LogP contribution < -0.4 is 0 Å². The quantitative estimate of drug-likeness (QED) is 0.607. The minimum Gasteiger partial charge on any atom is -0.267 e. The molecule has 1 aromatic carbocycles. The maximum Gasteiger partial charge on any atom is 0.277 e. The van der Waals surface area contributed by atoms with Crippen molar-refractivity contribution in [3.63, 3.8) is 0 Å². The summed E-state index contributed by atoms with van der Waals surface area (Å²) in [6.45, 7) is 8.78. The minimum absolute atomic E-state index is 0.415. The molecule has 0 saturated heterocycles. The zero-order valence-electron chi connectivity index (χ0n) is 10.9. The van der Waals surface area contributed by atoms with Crippen LogP contribution in [0.1, 0.15) is 13.3 Å². The Balaban J connectivity index is 3.56. The van der Waals surface area contributed by atoms with Crippen molar-refractivity contribution in [2.75, 3.05) is 0 Å². The van der Waals surface area contributed by atoms with Gasteiger partial charge in [0.1, 0.15) is 9.73 Å². The molecule has 0 saturated carbocycles. The molecule has 0 bridgehead atoms. The van der Waals surface area contributed by atoms with Crippen LogP contribution in [0.5, 0.6) is 0 Å². The second-order valence-corrected chi connectivity index (χ2v) is 5.95. The lowest BCUT2D eigenvalue weighted by molar-refractivity contribution is -0.113. The Labute approximate surface area is 114 Å². The Kier molecular flexibility index (Phi) is 5.45. The Morgan fingerprint density at radius 3 is 2.42 bits per heavy atom. The van der Waals surface area contributed by atoms with Gasteiger partial charge in [0.05, 0.1) is 4.90 Å². The average molecular weight is 275 g/mol. The SMILES string of the molecule is C=CC/C(=C/C)S(=O)(=NC(=O)C=C)c1ccccc1. The molecule has 1 aromatic rings. The van der Waals surface area contributed by atoms with Gasteiger partial charge in [-0.25, -0.2) is 4.21 Å². The smallest absolute Gasteiger partial charge is 0.267 e. The van der Waals surface area contributed by atoms with Crippen LogP contribution in [0, 0.1) is 0 Å². The van der Waals surface area contributed by atoms with Crippen molar-refractivity contribution in [2.45, 2.75) is 18.2 Å². The van der Waals surface area contributed by atoms with Crippen LogP contribution in [0.25, 0.3) is 0 Å². The van der Waals surface area contributed by atoms with E-state index in [1.165, 1.54) is 0 Å². The monoisotopic (exact) mass is 275 g/mol. The van der Waals surface area contributed by atoms with E-state index in [0.717, 1.165) is 6.08 Å². The van der Waals surface area contributed by atoms with E-state index in [4.69, 9.17) is 0 Å². The fourth-order valence-electron chi connectivity index (χ4n) is 1.56. The third-order valence-electron chi connectivity index (χ3n) is 2.48. The number of allylic oxidation sites excluding steroid dienone is 3. The number of hydrogen-bond acceptors (Lipinski definition) is 2. The summed E-state index contributed by atoms with van der Waals surface area (Å²) in [4.78, 5) is 12.6.